The Morgan fingerprint density at radius 2 is 1.84 bits per heavy atom. The summed E-state index contributed by atoms with van der Waals surface area (Å²) in [5, 5.41) is 14.6. The van der Waals surface area contributed by atoms with Crippen LogP contribution in [0.3, 0.4) is 0 Å². The zero-order chi connectivity index (χ0) is 13.0. The van der Waals surface area contributed by atoms with Gasteiger partial charge in [0.25, 0.3) is 0 Å². The van der Waals surface area contributed by atoms with Crippen molar-refractivity contribution < 1.29 is 5.11 Å². The number of benzene rings is 2. The predicted molar refractivity (Wildman–Crippen MR) is 78.7 cm³/mol. The molecular weight excluding hydrogens is 248 g/mol. The first kappa shape index (κ1) is 11.7. The Bertz CT molecular complexity index is 651. The van der Waals surface area contributed by atoms with Crippen molar-refractivity contribution in [3.05, 3.63) is 42.0 Å². The monoisotopic (exact) mass is 265 g/mol. The van der Waals surface area contributed by atoms with Crippen molar-refractivity contribution in [3.8, 4) is 0 Å². The minimum Gasteiger partial charge on any atom is -0.385 e. The molecule has 2 aliphatic carbocycles. The van der Waals surface area contributed by atoms with Gasteiger partial charge < -0.3 is 5.11 Å². The summed E-state index contributed by atoms with van der Waals surface area (Å²) < 4.78 is 0. The Hall–Kier alpha value is -1.12. The van der Waals surface area contributed by atoms with Gasteiger partial charge in [-0.15, -0.1) is 0 Å². The van der Waals surface area contributed by atoms with Crippen LogP contribution in [-0.4, -0.2) is 15.3 Å². The average molecular weight is 265 g/mol. The van der Waals surface area contributed by atoms with Crippen molar-refractivity contribution in [1.82, 2.24) is 0 Å². The molecule has 2 aromatic rings. The summed E-state index contributed by atoms with van der Waals surface area (Å²) in [5.74, 6) is 1.22. The molecular formula is C17H17OSi. The molecule has 3 radical (unpaired) electrons. The van der Waals surface area contributed by atoms with Crippen molar-refractivity contribution in [1.29, 1.82) is 0 Å². The second-order valence-electron chi connectivity index (χ2n) is 6.28. The highest BCUT2D eigenvalue weighted by Gasteiger charge is 2.50. The second kappa shape index (κ2) is 3.94. The van der Waals surface area contributed by atoms with Gasteiger partial charge in [0, 0.05) is 0 Å². The van der Waals surface area contributed by atoms with Crippen LogP contribution in [0, 0.1) is 11.8 Å². The van der Waals surface area contributed by atoms with Crippen LogP contribution in [0.15, 0.2) is 36.4 Å². The lowest BCUT2D eigenvalue weighted by atomic mass is 9.78. The highest BCUT2D eigenvalue weighted by Crippen LogP contribution is 2.55. The first-order valence-electron chi connectivity index (χ1n) is 7.13. The van der Waals surface area contributed by atoms with Crippen LogP contribution in [0.4, 0.5) is 0 Å². The standard InChI is InChI=1S/C17H17OSi/c18-17(10-11-1-4-14(17)7-11)15-5-2-13-9-16(19)6-3-12(13)8-15/h2-3,5-6,8-9,11,14,18H,1,4,7,10H2. The van der Waals surface area contributed by atoms with E-state index in [1.54, 1.807) is 0 Å². The van der Waals surface area contributed by atoms with E-state index < -0.39 is 5.60 Å². The molecule has 0 saturated heterocycles. The van der Waals surface area contributed by atoms with Crippen molar-refractivity contribution in [2.45, 2.75) is 31.3 Å². The van der Waals surface area contributed by atoms with Crippen LogP contribution in [0.25, 0.3) is 10.8 Å². The lowest BCUT2D eigenvalue weighted by Gasteiger charge is -2.33. The summed E-state index contributed by atoms with van der Waals surface area (Å²) in [6.07, 6.45) is 4.68. The molecule has 2 aliphatic rings. The molecule has 3 atom stereocenters. The Morgan fingerprint density at radius 1 is 1.05 bits per heavy atom. The lowest BCUT2D eigenvalue weighted by molar-refractivity contribution is -0.0181. The predicted octanol–water partition coefficient (Wildman–Crippen LogP) is 2.64. The van der Waals surface area contributed by atoms with Crippen molar-refractivity contribution in [3.63, 3.8) is 0 Å². The SMILES string of the molecule is OC1(c2ccc3cc([Si])ccc3c2)CC2CCC1C2. The van der Waals surface area contributed by atoms with E-state index in [0.29, 0.717) is 5.92 Å². The molecule has 2 aromatic carbocycles. The fraction of sp³-hybridized carbons (Fsp3) is 0.412. The molecule has 1 nitrogen and oxygen atoms in total. The quantitative estimate of drug-likeness (QED) is 0.786. The Kier molecular flexibility index (Phi) is 2.42. The number of rotatable bonds is 1. The van der Waals surface area contributed by atoms with E-state index >= 15 is 0 Å². The van der Waals surface area contributed by atoms with E-state index in [4.69, 9.17) is 0 Å². The molecule has 95 valence electrons. The minimum atomic E-state index is -0.566. The highest BCUT2D eigenvalue weighted by molar-refractivity contribution is 6.33. The summed E-state index contributed by atoms with van der Waals surface area (Å²) in [6, 6.07) is 12.8. The van der Waals surface area contributed by atoms with Gasteiger partial charge >= 0.3 is 0 Å². The van der Waals surface area contributed by atoms with E-state index in [0.717, 1.165) is 23.1 Å². The molecule has 2 saturated carbocycles. The average Bonchev–Trinajstić information content (AvgIpc) is 2.98. The maximum Gasteiger partial charge on any atom is 0.0927 e. The number of aliphatic hydroxyl groups is 1. The van der Waals surface area contributed by atoms with E-state index in [-0.39, 0.29) is 0 Å². The molecule has 0 aromatic heterocycles. The molecule has 3 unspecified atom stereocenters. The van der Waals surface area contributed by atoms with Gasteiger partial charge in [-0.3, -0.25) is 0 Å². The Morgan fingerprint density at radius 3 is 2.58 bits per heavy atom. The third-order valence-electron chi connectivity index (χ3n) is 5.16. The second-order valence-corrected chi connectivity index (χ2v) is 6.86. The summed E-state index contributed by atoms with van der Waals surface area (Å²) in [5.41, 5.74) is 0.554. The summed E-state index contributed by atoms with van der Waals surface area (Å²) in [7, 11) is 3.56. The molecule has 0 aliphatic heterocycles. The van der Waals surface area contributed by atoms with Gasteiger partial charge in [-0.1, -0.05) is 35.5 Å². The van der Waals surface area contributed by atoms with E-state index in [1.165, 1.54) is 30.0 Å². The van der Waals surface area contributed by atoms with E-state index in [9.17, 15) is 5.11 Å². The number of fused-ring (bicyclic) bond motifs is 3. The van der Waals surface area contributed by atoms with E-state index in [2.05, 4.69) is 46.6 Å². The summed E-state index contributed by atoms with van der Waals surface area (Å²) in [4.78, 5) is 0. The minimum absolute atomic E-state index is 0.477. The third-order valence-corrected chi connectivity index (χ3v) is 5.47. The number of hydrogen-bond donors (Lipinski definition) is 1. The molecule has 2 fully saturated rings. The first-order chi connectivity index (χ1) is 9.15. The van der Waals surface area contributed by atoms with Gasteiger partial charge in [-0.05, 0) is 59.9 Å². The van der Waals surface area contributed by atoms with E-state index in [1.807, 2.05) is 0 Å². The topological polar surface area (TPSA) is 20.2 Å². The zero-order valence-electron chi connectivity index (χ0n) is 10.9. The largest absolute Gasteiger partial charge is 0.385 e. The number of hydrogen-bond acceptors (Lipinski definition) is 1. The fourth-order valence-electron chi connectivity index (χ4n) is 4.17. The normalized spacial score (nSPS) is 33.2. The summed E-state index contributed by atoms with van der Waals surface area (Å²) in [6.45, 7) is 0. The molecule has 2 heteroatoms. The highest BCUT2D eigenvalue weighted by atomic mass is 28.1. The zero-order valence-corrected chi connectivity index (χ0v) is 11.9. The van der Waals surface area contributed by atoms with Crippen molar-refractivity contribution in [2.24, 2.45) is 11.8 Å². The molecule has 2 bridgehead atoms. The molecule has 0 amide bonds. The van der Waals surface area contributed by atoms with Crippen LogP contribution in [0.2, 0.25) is 0 Å². The maximum absolute atomic E-state index is 11.1. The molecule has 19 heavy (non-hydrogen) atoms. The lowest BCUT2D eigenvalue weighted by Crippen LogP contribution is -2.32. The van der Waals surface area contributed by atoms with Gasteiger partial charge in [0.05, 0.1) is 15.8 Å². The molecule has 1 N–H and O–H groups in total. The first-order valence-corrected chi connectivity index (χ1v) is 7.63. The van der Waals surface area contributed by atoms with Gasteiger partial charge in [0.1, 0.15) is 0 Å². The molecule has 4 rings (SSSR count). The Labute approximate surface area is 117 Å². The van der Waals surface area contributed by atoms with Gasteiger partial charge in [-0.25, -0.2) is 0 Å². The van der Waals surface area contributed by atoms with Gasteiger partial charge in [0.2, 0.25) is 0 Å². The van der Waals surface area contributed by atoms with Crippen LogP contribution in [-0.2, 0) is 5.60 Å². The van der Waals surface area contributed by atoms with Crippen molar-refractivity contribution >= 4 is 26.2 Å². The van der Waals surface area contributed by atoms with Crippen LogP contribution in [0.1, 0.15) is 31.2 Å². The summed E-state index contributed by atoms with van der Waals surface area (Å²) >= 11 is 0. The third kappa shape index (κ3) is 1.70. The molecule has 0 spiro atoms. The van der Waals surface area contributed by atoms with Crippen LogP contribution < -0.4 is 5.19 Å². The Balaban J connectivity index is 1.81. The van der Waals surface area contributed by atoms with Crippen LogP contribution in [0.5, 0.6) is 0 Å². The van der Waals surface area contributed by atoms with Crippen molar-refractivity contribution in [2.75, 3.05) is 0 Å². The maximum atomic E-state index is 11.1. The van der Waals surface area contributed by atoms with Gasteiger partial charge in [0.15, 0.2) is 0 Å². The van der Waals surface area contributed by atoms with Gasteiger partial charge in [-0.2, -0.15) is 0 Å². The smallest absolute Gasteiger partial charge is 0.0927 e. The fourth-order valence-corrected chi connectivity index (χ4v) is 4.41. The molecule has 0 heterocycles. The van der Waals surface area contributed by atoms with Crippen LogP contribution >= 0.6 is 0 Å².